The zero-order valence-electron chi connectivity index (χ0n) is 15.6. The first-order valence-electron chi connectivity index (χ1n) is 9.33. The van der Waals surface area contributed by atoms with E-state index in [2.05, 4.69) is 28.8 Å². The number of allylic oxidation sites excluding steroid dienone is 2. The third-order valence-electron chi connectivity index (χ3n) is 5.53. The molecule has 0 radical (unpaired) electrons. The highest BCUT2D eigenvalue weighted by molar-refractivity contribution is 7.89. The Morgan fingerprint density at radius 1 is 1.24 bits per heavy atom. The second-order valence-electron chi connectivity index (χ2n) is 7.18. The highest BCUT2D eigenvalue weighted by Gasteiger charge is 2.40. The number of anilines is 1. The van der Waals surface area contributed by atoms with Crippen LogP contribution in [0.25, 0.3) is 0 Å². The average molecular weight is 411 g/mol. The molecule has 2 aromatic rings. The molecule has 0 spiro atoms. The van der Waals surface area contributed by atoms with Gasteiger partial charge in [-0.1, -0.05) is 36.4 Å². The van der Waals surface area contributed by atoms with E-state index in [4.69, 9.17) is 0 Å². The van der Waals surface area contributed by atoms with Gasteiger partial charge in [-0.15, -0.1) is 6.58 Å². The molecule has 0 bridgehead atoms. The van der Waals surface area contributed by atoms with Crippen LogP contribution in [0.1, 0.15) is 29.5 Å². The summed E-state index contributed by atoms with van der Waals surface area (Å²) in [5.41, 5.74) is 2.42. The summed E-state index contributed by atoms with van der Waals surface area (Å²) >= 11 is 0. The van der Waals surface area contributed by atoms with Gasteiger partial charge in [-0.3, -0.25) is 10.1 Å². The van der Waals surface area contributed by atoms with Gasteiger partial charge in [0.1, 0.15) is 0 Å². The van der Waals surface area contributed by atoms with Gasteiger partial charge in [-0.2, -0.15) is 0 Å². The Hall–Kier alpha value is -2.97. The van der Waals surface area contributed by atoms with E-state index in [0.29, 0.717) is 5.56 Å². The minimum atomic E-state index is -3.63. The highest BCUT2D eigenvalue weighted by Crippen LogP contribution is 2.51. The van der Waals surface area contributed by atoms with Gasteiger partial charge in [0.25, 0.3) is 5.69 Å². The smallest absolute Gasteiger partial charge is 0.274 e. The molecule has 2 aliphatic rings. The first-order valence-corrected chi connectivity index (χ1v) is 10.8. The summed E-state index contributed by atoms with van der Waals surface area (Å²) in [6.07, 6.45) is 6.38. The third-order valence-corrected chi connectivity index (χ3v) is 6.95. The molecule has 8 heteroatoms. The molecule has 1 heterocycles. The quantitative estimate of drug-likeness (QED) is 0.427. The van der Waals surface area contributed by atoms with E-state index in [-0.39, 0.29) is 39.9 Å². The normalized spacial score (nSPS) is 22.4. The number of fused-ring (bicyclic) bond motifs is 3. The van der Waals surface area contributed by atoms with Crippen molar-refractivity contribution in [3.63, 3.8) is 0 Å². The molecule has 1 aliphatic carbocycles. The van der Waals surface area contributed by atoms with Gasteiger partial charge in [-0.05, 0) is 36.1 Å². The molecule has 2 N–H and O–H groups in total. The van der Waals surface area contributed by atoms with Crippen LogP contribution in [0.15, 0.2) is 72.2 Å². The second kappa shape index (κ2) is 7.46. The Bertz CT molecular complexity index is 1110. The summed E-state index contributed by atoms with van der Waals surface area (Å²) in [4.78, 5) is 11.4. The topological polar surface area (TPSA) is 101 Å². The fourth-order valence-corrected chi connectivity index (χ4v) is 5.25. The summed E-state index contributed by atoms with van der Waals surface area (Å²) in [6.45, 7) is 3.69. The number of nitrogens with zero attached hydrogens (tertiary/aromatic N) is 1. The molecular formula is C21H21N3O4S. The lowest BCUT2D eigenvalue weighted by Gasteiger charge is -2.37. The van der Waals surface area contributed by atoms with Crippen LogP contribution in [0, 0.1) is 16.0 Å². The van der Waals surface area contributed by atoms with Crippen molar-refractivity contribution in [3.8, 4) is 0 Å². The third kappa shape index (κ3) is 3.45. The van der Waals surface area contributed by atoms with Gasteiger partial charge >= 0.3 is 0 Å². The second-order valence-corrected chi connectivity index (χ2v) is 8.95. The van der Waals surface area contributed by atoms with Crippen molar-refractivity contribution in [2.24, 2.45) is 5.92 Å². The minimum absolute atomic E-state index is 0.00869. The molecule has 0 saturated carbocycles. The molecule has 29 heavy (non-hydrogen) atoms. The summed E-state index contributed by atoms with van der Waals surface area (Å²) in [5.74, 6) is 0.0632. The van der Waals surface area contributed by atoms with Crippen LogP contribution < -0.4 is 10.0 Å². The zero-order chi connectivity index (χ0) is 20.6. The zero-order valence-corrected chi connectivity index (χ0v) is 16.4. The van der Waals surface area contributed by atoms with E-state index in [9.17, 15) is 18.5 Å². The SMILES string of the molecule is C=CCNS(=O)(=O)c1ccc2c(c1)C1C=CCC1C(c1ccccc1[N+](=O)[O-])N2. The standard InChI is InChI=1S/C21H21N3O4S/c1-2-12-22-29(27,28)14-10-11-19-18(13-14)15-7-5-8-16(15)21(23-19)17-6-3-4-9-20(17)24(25)26/h2-7,9-11,13,15-16,21-23H,1,8,12H2. The lowest BCUT2D eigenvalue weighted by molar-refractivity contribution is -0.385. The first-order chi connectivity index (χ1) is 13.9. The number of hydrogen-bond acceptors (Lipinski definition) is 5. The average Bonchev–Trinajstić information content (AvgIpc) is 3.21. The van der Waals surface area contributed by atoms with Gasteiger partial charge in [0.15, 0.2) is 0 Å². The Labute approximate surface area is 169 Å². The number of nitrogens with one attached hydrogen (secondary N) is 2. The summed E-state index contributed by atoms with van der Waals surface area (Å²) in [5, 5.41) is 15.0. The molecule has 0 amide bonds. The van der Waals surface area contributed by atoms with Crippen molar-refractivity contribution in [1.29, 1.82) is 0 Å². The lowest BCUT2D eigenvalue weighted by Crippen LogP contribution is -2.30. The van der Waals surface area contributed by atoms with Gasteiger partial charge in [0.2, 0.25) is 10.0 Å². The Morgan fingerprint density at radius 2 is 2.03 bits per heavy atom. The maximum atomic E-state index is 12.5. The van der Waals surface area contributed by atoms with Crippen LogP contribution in [0.4, 0.5) is 11.4 Å². The van der Waals surface area contributed by atoms with Crippen molar-refractivity contribution in [3.05, 3.63) is 88.5 Å². The van der Waals surface area contributed by atoms with Gasteiger partial charge < -0.3 is 5.32 Å². The summed E-state index contributed by atoms with van der Waals surface area (Å²) < 4.78 is 27.5. The monoisotopic (exact) mass is 411 g/mol. The van der Waals surface area contributed by atoms with Crippen molar-refractivity contribution < 1.29 is 13.3 Å². The van der Waals surface area contributed by atoms with Crippen LogP contribution in [0.5, 0.6) is 0 Å². The minimum Gasteiger partial charge on any atom is -0.377 e. The Balaban J connectivity index is 1.76. The highest BCUT2D eigenvalue weighted by atomic mass is 32.2. The van der Waals surface area contributed by atoms with Gasteiger partial charge in [0.05, 0.1) is 21.4 Å². The van der Waals surface area contributed by atoms with E-state index < -0.39 is 10.0 Å². The van der Waals surface area contributed by atoms with Crippen LogP contribution in [-0.4, -0.2) is 19.9 Å². The largest absolute Gasteiger partial charge is 0.377 e. The molecule has 3 atom stereocenters. The first kappa shape index (κ1) is 19.4. The Morgan fingerprint density at radius 3 is 2.79 bits per heavy atom. The molecule has 3 unspecified atom stereocenters. The molecule has 7 nitrogen and oxygen atoms in total. The van der Waals surface area contributed by atoms with E-state index in [1.807, 2.05) is 0 Å². The van der Waals surface area contributed by atoms with Crippen LogP contribution in [0.3, 0.4) is 0 Å². The predicted octanol–water partition coefficient (Wildman–Crippen LogP) is 3.89. The number of rotatable bonds is 6. The molecule has 0 saturated heterocycles. The van der Waals surface area contributed by atoms with E-state index in [0.717, 1.165) is 17.7 Å². The number of nitro benzene ring substituents is 1. The molecule has 2 aromatic carbocycles. The fourth-order valence-electron chi connectivity index (χ4n) is 4.22. The number of benzene rings is 2. The number of hydrogen-bond donors (Lipinski definition) is 2. The van der Waals surface area contributed by atoms with Crippen molar-refractivity contribution in [2.45, 2.75) is 23.3 Å². The predicted molar refractivity (Wildman–Crippen MR) is 111 cm³/mol. The van der Waals surface area contributed by atoms with Crippen molar-refractivity contribution in [1.82, 2.24) is 4.72 Å². The van der Waals surface area contributed by atoms with Crippen LogP contribution in [0.2, 0.25) is 0 Å². The molecule has 0 aromatic heterocycles. The summed E-state index contributed by atoms with van der Waals surface area (Å²) in [7, 11) is -3.63. The molecule has 0 fully saturated rings. The molecular weight excluding hydrogens is 390 g/mol. The van der Waals surface area contributed by atoms with Crippen molar-refractivity contribution >= 4 is 21.4 Å². The fraction of sp³-hybridized carbons (Fsp3) is 0.238. The molecule has 1 aliphatic heterocycles. The Kier molecular flexibility index (Phi) is 4.97. The summed E-state index contributed by atoms with van der Waals surface area (Å²) in [6, 6.07) is 11.5. The van der Waals surface area contributed by atoms with E-state index >= 15 is 0 Å². The number of para-hydroxylation sites is 1. The van der Waals surface area contributed by atoms with E-state index in [1.54, 1.807) is 36.4 Å². The van der Waals surface area contributed by atoms with Gasteiger partial charge in [0, 0.05) is 24.2 Å². The van der Waals surface area contributed by atoms with Crippen molar-refractivity contribution in [2.75, 3.05) is 11.9 Å². The van der Waals surface area contributed by atoms with Crippen LogP contribution in [-0.2, 0) is 10.0 Å². The number of sulfonamides is 1. The number of nitro groups is 1. The van der Waals surface area contributed by atoms with Gasteiger partial charge in [-0.25, -0.2) is 13.1 Å². The maximum Gasteiger partial charge on any atom is 0.274 e. The van der Waals surface area contributed by atoms with E-state index in [1.165, 1.54) is 12.1 Å². The molecule has 4 rings (SSSR count). The molecule has 150 valence electrons. The van der Waals surface area contributed by atoms with Crippen LogP contribution >= 0.6 is 0 Å². The lowest BCUT2D eigenvalue weighted by atomic mass is 9.76. The maximum absolute atomic E-state index is 12.5.